The lowest BCUT2D eigenvalue weighted by Crippen LogP contribution is -2.41. The van der Waals surface area contributed by atoms with Gasteiger partial charge < -0.3 is 14.4 Å². The van der Waals surface area contributed by atoms with E-state index in [2.05, 4.69) is 17.1 Å². The number of fused-ring (bicyclic) bond motifs is 1. The molecular formula is C22H24N2O3S. The molecule has 28 heavy (non-hydrogen) atoms. The fourth-order valence-electron chi connectivity index (χ4n) is 3.48. The Morgan fingerprint density at radius 2 is 1.96 bits per heavy atom. The van der Waals surface area contributed by atoms with Crippen LogP contribution in [0.3, 0.4) is 0 Å². The molecule has 6 heteroatoms. The van der Waals surface area contributed by atoms with Gasteiger partial charge in [0.1, 0.15) is 11.9 Å². The van der Waals surface area contributed by atoms with E-state index in [1.54, 1.807) is 18.4 Å². The summed E-state index contributed by atoms with van der Waals surface area (Å²) in [7, 11) is 1.65. The maximum atomic E-state index is 12.5. The minimum absolute atomic E-state index is 0.112. The van der Waals surface area contributed by atoms with E-state index in [1.807, 2.05) is 41.3 Å². The minimum atomic E-state index is 0.112. The van der Waals surface area contributed by atoms with E-state index in [0.29, 0.717) is 11.6 Å². The van der Waals surface area contributed by atoms with Crippen LogP contribution < -0.4 is 9.47 Å². The maximum absolute atomic E-state index is 12.5. The summed E-state index contributed by atoms with van der Waals surface area (Å²) in [5.74, 6) is 1.03. The lowest BCUT2D eigenvalue weighted by atomic mass is 10.1. The summed E-state index contributed by atoms with van der Waals surface area (Å²) < 4.78 is 12.4. The van der Waals surface area contributed by atoms with Crippen molar-refractivity contribution in [3.63, 3.8) is 0 Å². The quantitative estimate of drug-likeness (QED) is 0.623. The number of carbonyl (C=O) groups is 1. The first-order chi connectivity index (χ1) is 13.7. The Labute approximate surface area is 168 Å². The van der Waals surface area contributed by atoms with E-state index in [0.717, 1.165) is 48.3 Å². The number of rotatable bonds is 6. The molecule has 1 aliphatic rings. The van der Waals surface area contributed by atoms with Crippen LogP contribution in [0, 0.1) is 0 Å². The highest BCUT2D eigenvalue weighted by Gasteiger charge is 2.24. The van der Waals surface area contributed by atoms with Gasteiger partial charge >= 0.3 is 0 Å². The molecule has 0 radical (unpaired) electrons. The van der Waals surface area contributed by atoms with Crippen LogP contribution in [0.5, 0.6) is 10.9 Å². The molecule has 2 heterocycles. The number of benzene rings is 2. The predicted octanol–water partition coefficient (Wildman–Crippen LogP) is 4.31. The Kier molecular flexibility index (Phi) is 5.76. The number of carbonyl (C=O) groups excluding carboxylic acids is 1. The first-order valence-electron chi connectivity index (χ1n) is 9.64. The Balaban J connectivity index is 1.27. The van der Waals surface area contributed by atoms with Gasteiger partial charge in [-0.05, 0) is 24.1 Å². The van der Waals surface area contributed by atoms with Crippen LogP contribution in [0.4, 0.5) is 0 Å². The number of thiazole rings is 1. The topological polar surface area (TPSA) is 51.7 Å². The molecule has 2 aromatic carbocycles. The Bertz CT molecular complexity index is 933. The van der Waals surface area contributed by atoms with Crippen molar-refractivity contribution in [3.8, 4) is 10.9 Å². The number of hydrogen-bond donors (Lipinski definition) is 0. The fraction of sp³-hybridized carbons (Fsp3) is 0.364. The van der Waals surface area contributed by atoms with Crippen LogP contribution in [0.2, 0.25) is 0 Å². The highest BCUT2D eigenvalue weighted by atomic mass is 32.1. The van der Waals surface area contributed by atoms with Gasteiger partial charge in [-0.2, -0.15) is 0 Å². The van der Waals surface area contributed by atoms with Gasteiger partial charge in [-0.1, -0.05) is 41.7 Å². The summed E-state index contributed by atoms with van der Waals surface area (Å²) in [5, 5.41) is 0.692. The summed E-state index contributed by atoms with van der Waals surface area (Å²) in [4.78, 5) is 19.0. The predicted molar refractivity (Wildman–Crippen MR) is 111 cm³/mol. The molecule has 146 valence electrons. The van der Waals surface area contributed by atoms with Crippen molar-refractivity contribution in [1.82, 2.24) is 9.88 Å². The largest absolute Gasteiger partial charge is 0.497 e. The zero-order valence-corrected chi connectivity index (χ0v) is 16.8. The van der Waals surface area contributed by atoms with Gasteiger partial charge in [0.25, 0.3) is 5.19 Å². The van der Waals surface area contributed by atoms with Crippen LogP contribution in [-0.2, 0) is 11.2 Å². The van der Waals surface area contributed by atoms with Crippen molar-refractivity contribution in [2.75, 3.05) is 20.2 Å². The second kappa shape index (κ2) is 8.61. The molecular weight excluding hydrogens is 372 g/mol. The zero-order chi connectivity index (χ0) is 19.3. The van der Waals surface area contributed by atoms with Crippen LogP contribution in [0.25, 0.3) is 10.2 Å². The van der Waals surface area contributed by atoms with E-state index >= 15 is 0 Å². The number of aryl methyl sites for hydroxylation is 1. The van der Waals surface area contributed by atoms with Crippen LogP contribution in [0.1, 0.15) is 24.8 Å². The number of likely N-dealkylation sites (tertiary alicyclic amines) is 1. The van der Waals surface area contributed by atoms with Crippen molar-refractivity contribution in [3.05, 3.63) is 54.1 Å². The van der Waals surface area contributed by atoms with Crippen molar-refractivity contribution in [2.24, 2.45) is 0 Å². The standard InChI is InChI=1S/C22H24N2O3S/c1-26-18-8-9-20-19(15-18)23-22(28-20)27-17-11-13-24(14-12-17)21(25)10-7-16-5-3-2-4-6-16/h2-6,8-9,15,17H,7,10-14H2,1H3. The first kappa shape index (κ1) is 18.7. The van der Waals surface area contributed by atoms with Gasteiger partial charge in [0.2, 0.25) is 5.91 Å². The molecule has 3 aromatic rings. The molecule has 1 saturated heterocycles. The van der Waals surface area contributed by atoms with Gasteiger partial charge in [0, 0.05) is 38.4 Å². The third-order valence-electron chi connectivity index (χ3n) is 5.11. The molecule has 0 unspecified atom stereocenters. The zero-order valence-electron chi connectivity index (χ0n) is 16.0. The number of ether oxygens (including phenoxy) is 2. The molecule has 0 spiro atoms. The number of amides is 1. The smallest absolute Gasteiger partial charge is 0.274 e. The molecule has 0 saturated carbocycles. The van der Waals surface area contributed by atoms with E-state index in [4.69, 9.17) is 9.47 Å². The van der Waals surface area contributed by atoms with Gasteiger partial charge in [-0.15, -0.1) is 0 Å². The molecule has 0 aliphatic carbocycles. The number of methoxy groups -OCH3 is 1. The highest BCUT2D eigenvalue weighted by molar-refractivity contribution is 7.20. The summed E-state index contributed by atoms with van der Waals surface area (Å²) in [6.45, 7) is 1.49. The molecule has 1 aromatic heterocycles. The third kappa shape index (κ3) is 4.44. The van der Waals surface area contributed by atoms with Gasteiger partial charge in [0.05, 0.1) is 17.3 Å². The molecule has 1 fully saturated rings. The van der Waals surface area contributed by atoms with Crippen LogP contribution >= 0.6 is 11.3 Å². The van der Waals surface area contributed by atoms with E-state index in [-0.39, 0.29) is 12.0 Å². The Morgan fingerprint density at radius 3 is 2.71 bits per heavy atom. The monoisotopic (exact) mass is 396 g/mol. The van der Waals surface area contributed by atoms with Crippen molar-refractivity contribution in [2.45, 2.75) is 31.8 Å². The molecule has 1 aliphatic heterocycles. The molecule has 1 amide bonds. The van der Waals surface area contributed by atoms with Crippen LogP contribution in [-0.4, -0.2) is 42.1 Å². The second-order valence-corrected chi connectivity index (χ2v) is 7.99. The molecule has 0 N–H and O–H groups in total. The molecule has 0 atom stereocenters. The average molecular weight is 397 g/mol. The summed E-state index contributed by atoms with van der Waals surface area (Å²) >= 11 is 1.55. The van der Waals surface area contributed by atoms with Gasteiger partial charge in [-0.3, -0.25) is 4.79 Å². The van der Waals surface area contributed by atoms with Gasteiger partial charge in [-0.25, -0.2) is 4.98 Å². The third-order valence-corrected chi connectivity index (χ3v) is 6.03. The lowest BCUT2D eigenvalue weighted by Gasteiger charge is -2.31. The Morgan fingerprint density at radius 1 is 1.18 bits per heavy atom. The summed E-state index contributed by atoms with van der Waals surface area (Å²) in [6, 6.07) is 16.0. The average Bonchev–Trinajstić information content (AvgIpc) is 3.14. The second-order valence-electron chi connectivity index (χ2n) is 7.00. The fourth-order valence-corrected chi connectivity index (χ4v) is 4.34. The number of hydrogen-bond acceptors (Lipinski definition) is 5. The van der Waals surface area contributed by atoms with Crippen molar-refractivity contribution < 1.29 is 14.3 Å². The van der Waals surface area contributed by atoms with Crippen LogP contribution in [0.15, 0.2) is 48.5 Å². The van der Waals surface area contributed by atoms with Crippen molar-refractivity contribution >= 4 is 27.5 Å². The van der Waals surface area contributed by atoms with E-state index in [1.165, 1.54) is 5.56 Å². The summed E-state index contributed by atoms with van der Waals surface area (Å²) in [6.07, 6.45) is 3.16. The first-order valence-corrected chi connectivity index (χ1v) is 10.5. The number of piperidine rings is 1. The Hall–Kier alpha value is -2.60. The normalized spacial score (nSPS) is 15.0. The van der Waals surface area contributed by atoms with E-state index < -0.39 is 0 Å². The van der Waals surface area contributed by atoms with Gasteiger partial charge in [0.15, 0.2) is 0 Å². The van der Waals surface area contributed by atoms with E-state index in [9.17, 15) is 4.79 Å². The molecule has 4 rings (SSSR count). The minimum Gasteiger partial charge on any atom is -0.497 e. The molecule has 0 bridgehead atoms. The number of nitrogens with zero attached hydrogens (tertiary/aromatic N) is 2. The maximum Gasteiger partial charge on any atom is 0.274 e. The summed E-state index contributed by atoms with van der Waals surface area (Å²) in [5.41, 5.74) is 2.11. The lowest BCUT2D eigenvalue weighted by molar-refractivity contribution is -0.132. The highest BCUT2D eigenvalue weighted by Crippen LogP contribution is 2.32. The van der Waals surface area contributed by atoms with Crippen molar-refractivity contribution in [1.29, 1.82) is 0 Å². The SMILES string of the molecule is COc1ccc2sc(OC3CCN(C(=O)CCc4ccccc4)CC3)nc2c1. The molecule has 5 nitrogen and oxygen atoms in total. The number of aromatic nitrogens is 1.